The molecule has 1 atom stereocenters. The highest BCUT2D eigenvalue weighted by molar-refractivity contribution is 5.90. The van der Waals surface area contributed by atoms with Crippen LogP contribution in [0, 0.1) is 5.92 Å². The first kappa shape index (κ1) is 16.3. The van der Waals surface area contributed by atoms with Crippen LogP contribution in [0.3, 0.4) is 0 Å². The minimum absolute atomic E-state index is 0.165. The summed E-state index contributed by atoms with van der Waals surface area (Å²) in [6.07, 6.45) is -4.52. The number of nitrogens with two attached hydrogens (primary N) is 1. The maximum absolute atomic E-state index is 12.7. The van der Waals surface area contributed by atoms with Gasteiger partial charge in [-0.3, -0.25) is 0 Å². The number of carbonyl (C=O) groups is 1. The van der Waals surface area contributed by atoms with Crippen LogP contribution >= 0.6 is 0 Å². The fraction of sp³-hybridized carbons (Fsp3) is 0.462. The summed E-state index contributed by atoms with van der Waals surface area (Å²) in [6.45, 7) is 3.98. The molecule has 0 saturated heterocycles. The lowest BCUT2D eigenvalue weighted by Crippen LogP contribution is -2.42. The first-order valence-corrected chi connectivity index (χ1v) is 6.18. The summed E-state index contributed by atoms with van der Waals surface area (Å²) in [6, 6.07) is 3.84. The molecule has 2 amide bonds. The Morgan fingerprint density at radius 2 is 1.90 bits per heavy atom. The van der Waals surface area contributed by atoms with E-state index in [0.29, 0.717) is 0 Å². The summed E-state index contributed by atoms with van der Waals surface area (Å²) < 4.78 is 38.2. The maximum atomic E-state index is 12.7. The van der Waals surface area contributed by atoms with Gasteiger partial charge in [-0.15, -0.1) is 0 Å². The first-order valence-electron chi connectivity index (χ1n) is 6.18. The summed E-state index contributed by atoms with van der Waals surface area (Å²) in [4.78, 5) is 11.6. The van der Waals surface area contributed by atoms with E-state index in [0.717, 1.165) is 6.07 Å². The number of para-hydroxylation sites is 1. The van der Waals surface area contributed by atoms with E-state index in [9.17, 15) is 18.0 Å². The molecule has 0 aromatic heterocycles. The van der Waals surface area contributed by atoms with Gasteiger partial charge in [0, 0.05) is 12.6 Å². The number of anilines is 1. The SMILES string of the molecule is CC(C)C(N)CNC(=O)Nc1ccccc1C(F)(F)F. The zero-order chi connectivity index (χ0) is 15.3. The summed E-state index contributed by atoms with van der Waals surface area (Å²) in [5.74, 6) is 0.165. The smallest absolute Gasteiger partial charge is 0.336 e. The van der Waals surface area contributed by atoms with Crippen LogP contribution in [0.1, 0.15) is 19.4 Å². The van der Waals surface area contributed by atoms with E-state index in [2.05, 4.69) is 10.6 Å². The van der Waals surface area contributed by atoms with E-state index in [1.54, 1.807) is 0 Å². The highest BCUT2D eigenvalue weighted by atomic mass is 19.4. The number of carbonyl (C=O) groups excluding carboxylic acids is 1. The van der Waals surface area contributed by atoms with Gasteiger partial charge in [0.1, 0.15) is 0 Å². The third-order valence-corrected chi connectivity index (χ3v) is 2.84. The van der Waals surface area contributed by atoms with Gasteiger partial charge in [-0.05, 0) is 18.1 Å². The lowest BCUT2D eigenvalue weighted by Gasteiger charge is -2.17. The van der Waals surface area contributed by atoms with Crippen molar-refractivity contribution < 1.29 is 18.0 Å². The first-order chi connectivity index (χ1) is 9.21. The van der Waals surface area contributed by atoms with Crippen LogP contribution in [0.4, 0.5) is 23.7 Å². The van der Waals surface area contributed by atoms with Crippen LogP contribution < -0.4 is 16.4 Å². The molecule has 0 aliphatic heterocycles. The van der Waals surface area contributed by atoms with Crippen LogP contribution in [-0.2, 0) is 6.18 Å². The molecule has 20 heavy (non-hydrogen) atoms. The molecule has 7 heteroatoms. The lowest BCUT2D eigenvalue weighted by atomic mass is 10.1. The fourth-order valence-electron chi connectivity index (χ4n) is 1.45. The molecule has 1 aromatic rings. The second-order valence-electron chi connectivity index (χ2n) is 4.79. The predicted molar refractivity (Wildman–Crippen MR) is 71.3 cm³/mol. The Morgan fingerprint density at radius 1 is 1.30 bits per heavy atom. The zero-order valence-electron chi connectivity index (χ0n) is 11.3. The fourth-order valence-corrected chi connectivity index (χ4v) is 1.45. The number of halogens is 3. The average molecular weight is 289 g/mol. The van der Waals surface area contributed by atoms with Crippen LogP contribution in [0.2, 0.25) is 0 Å². The molecule has 0 aliphatic carbocycles. The van der Waals surface area contributed by atoms with Crippen LogP contribution in [-0.4, -0.2) is 18.6 Å². The second-order valence-corrected chi connectivity index (χ2v) is 4.79. The maximum Gasteiger partial charge on any atom is 0.418 e. The summed E-state index contributed by atoms with van der Waals surface area (Å²) in [5, 5.41) is 4.63. The zero-order valence-corrected chi connectivity index (χ0v) is 11.3. The molecule has 1 rings (SSSR count). The highest BCUT2D eigenvalue weighted by Gasteiger charge is 2.33. The van der Waals surface area contributed by atoms with Crippen molar-refractivity contribution in [1.29, 1.82) is 0 Å². The van der Waals surface area contributed by atoms with Crippen molar-refractivity contribution in [1.82, 2.24) is 5.32 Å². The molecule has 0 bridgehead atoms. The van der Waals surface area contributed by atoms with Crippen LogP contribution in [0.5, 0.6) is 0 Å². The van der Waals surface area contributed by atoms with Crippen LogP contribution in [0.25, 0.3) is 0 Å². The number of benzene rings is 1. The van der Waals surface area contributed by atoms with E-state index in [-0.39, 0.29) is 24.2 Å². The molecule has 4 N–H and O–H groups in total. The van der Waals surface area contributed by atoms with Gasteiger partial charge in [-0.1, -0.05) is 26.0 Å². The van der Waals surface area contributed by atoms with Crippen molar-refractivity contribution >= 4 is 11.7 Å². The Bertz CT molecular complexity index is 460. The van der Waals surface area contributed by atoms with Gasteiger partial charge < -0.3 is 16.4 Å². The van der Waals surface area contributed by atoms with E-state index in [4.69, 9.17) is 5.73 Å². The highest BCUT2D eigenvalue weighted by Crippen LogP contribution is 2.34. The van der Waals surface area contributed by atoms with Crippen molar-refractivity contribution in [3.63, 3.8) is 0 Å². The number of hydrogen-bond donors (Lipinski definition) is 3. The Labute approximate surface area is 115 Å². The van der Waals surface area contributed by atoms with Gasteiger partial charge in [0.05, 0.1) is 11.3 Å². The standard InChI is InChI=1S/C13H18F3N3O/c1-8(2)10(17)7-18-12(20)19-11-6-4-3-5-9(11)13(14,15)16/h3-6,8,10H,7,17H2,1-2H3,(H2,18,19,20). The topological polar surface area (TPSA) is 67.1 Å². The minimum atomic E-state index is -4.52. The van der Waals surface area contributed by atoms with E-state index in [1.807, 2.05) is 13.8 Å². The van der Waals surface area contributed by atoms with Crippen molar-refractivity contribution in [3.05, 3.63) is 29.8 Å². The summed E-state index contributed by atoms with van der Waals surface area (Å²) >= 11 is 0. The predicted octanol–water partition coefficient (Wildman–Crippen LogP) is 2.81. The molecule has 4 nitrogen and oxygen atoms in total. The van der Waals surface area contributed by atoms with Gasteiger partial charge in [0.2, 0.25) is 0 Å². The number of nitrogens with one attached hydrogen (secondary N) is 2. The molecule has 1 unspecified atom stereocenters. The number of rotatable bonds is 4. The molecular formula is C13H18F3N3O. The molecule has 0 fully saturated rings. The molecule has 0 spiro atoms. The van der Waals surface area contributed by atoms with E-state index < -0.39 is 17.8 Å². The number of hydrogen-bond acceptors (Lipinski definition) is 2. The Hall–Kier alpha value is -1.76. The van der Waals surface area contributed by atoms with Gasteiger partial charge in [0.15, 0.2) is 0 Å². The number of amides is 2. The van der Waals surface area contributed by atoms with Gasteiger partial charge >= 0.3 is 12.2 Å². The average Bonchev–Trinajstić information content (AvgIpc) is 2.35. The third kappa shape index (κ3) is 4.73. The third-order valence-electron chi connectivity index (χ3n) is 2.84. The van der Waals surface area contributed by atoms with Gasteiger partial charge in [-0.25, -0.2) is 4.79 Å². The summed E-state index contributed by atoms with van der Waals surface area (Å²) in [7, 11) is 0. The Kier molecular flexibility index (Phi) is 5.38. The molecule has 0 aliphatic rings. The molecule has 1 aromatic carbocycles. The molecule has 0 heterocycles. The van der Waals surface area contributed by atoms with Gasteiger partial charge in [0.25, 0.3) is 0 Å². The van der Waals surface area contributed by atoms with Crippen molar-refractivity contribution in [2.75, 3.05) is 11.9 Å². The number of urea groups is 1. The van der Waals surface area contributed by atoms with Gasteiger partial charge in [-0.2, -0.15) is 13.2 Å². The van der Waals surface area contributed by atoms with Crippen molar-refractivity contribution in [3.8, 4) is 0 Å². The summed E-state index contributed by atoms with van der Waals surface area (Å²) in [5.41, 5.74) is 4.57. The largest absolute Gasteiger partial charge is 0.418 e. The lowest BCUT2D eigenvalue weighted by molar-refractivity contribution is -0.136. The van der Waals surface area contributed by atoms with Crippen molar-refractivity contribution in [2.45, 2.75) is 26.1 Å². The second kappa shape index (κ2) is 6.60. The van der Waals surface area contributed by atoms with E-state index >= 15 is 0 Å². The molecule has 0 saturated carbocycles. The van der Waals surface area contributed by atoms with Crippen LogP contribution in [0.15, 0.2) is 24.3 Å². The monoisotopic (exact) mass is 289 g/mol. The number of alkyl halides is 3. The quantitative estimate of drug-likeness (QED) is 0.798. The molecule has 112 valence electrons. The minimum Gasteiger partial charge on any atom is -0.336 e. The molecular weight excluding hydrogens is 271 g/mol. The molecule has 0 radical (unpaired) electrons. The van der Waals surface area contributed by atoms with E-state index in [1.165, 1.54) is 18.2 Å². The van der Waals surface area contributed by atoms with Crippen molar-refractivity contribution in [2.24, 2.45) is 11.7 Å². The normalized spacial score (nSPS) is 13.2. The Morgan fingerprint density at radius 3 is 2.45 bits per heavy atom. The Balaban J connectivity index is 2.67.